The average molecular weight is 97.2 g/mol. The van der Waals surface area contributed by atoms with Crippen LogP contribution in [0.4, 0.5) is 0 Å². The third-order valence-corrected chi connectivity index (χ3v) is 0.707. The monoisotopic (exact) mass is 97.0 g/mol. The third-order valence-electron chi connectivity index (χ3n) is 0.707. The minimum Gasteiger partial charge on any atom is -0.317 e. The minimum atomic E-state index is 0. The van der Waals surface area contributed by atoms with Gasteiger partial charge in [-0.05, 0) is 19.5 Å². The molecule has 26 valence electrons. The van der Waals surface area contributed by atoms with E-state index in [1.54, 1.807) is 0 Å². The molecule has 1 saturated heterocycles. The van der Waals surface area contributed by atoms with E-state index >= 15 is 0 Å². The maximum atomic E-state index is 3.11. The Hall–Kier alpha value is 1.22. The molecule has 1 aliphatic rings. The smallest absolute Gasteiger partial charge is 0 e. The van der Waals surface area contributed by atoms with Crippen LogP contribution in [0.15, 0.2) is 0 Å². The van der Waals surface area contributed by atoms with E-state index in [2.05, 4.69) is 5.32 Å². The summed E-state index contributed by atoms with van der Waals surface area (Å²) in [6.45, 7) is 2.50. The summed E-state index contributed by atoms with van der Waals surface area (Å²) in [4.78, 5) is 0. The van der Waals surface area contributed by atoms with E-state index in [0.717, 1.165) is 0 Å². The van der Waals surface area contributed by atoms with Gasteiger partial charge in [0, 0.05) is 37.7 Å². The van der Waals surface area contributed by atoms with Gasteiger partial charge in [-0.25, -0.2) is 0 Å². The zero-order valence-electron chi connectivity index (χ0n) is 3.33. The van der Waals surface area contributed by atoms with Crippen LogP contribution >= 0.6 is 0 Å². The third kappa shape index (κ3) is 1.99. The molecular formula is C3H7CaN. The zero-order chi connectivity index (χ0) is 2.83. The van der Waals surface area contributed by atoms with Crippen LogP contribution in [0.25, 0.3) is 0 Å². The Labute approximate surface area is 62.1 Å². The molecule has 1 heterocycles. The summed E-state index contributed by atoms with van der Waals surface area (Å²) in [7, 11) is 0. The quantitative estimate of drug-likeness (QED) is 0.405. The van der Waals surface area contributed by atoms with Crippen molar-refractivity contribution < 1.29 is 0 Å². The molecule has 0 spiro atoms. The molecule has 2 heteroatoms. The van der Waals surface area contributed by atoms with Crippen LogP contribution in [0.2, 0.25) is 0 Å². The molecule has 0 amide bonds. The van der Waals surface area contributed by atoms with Gasteiger partial charge >= 0.3 is 0 Å². The molecule has 1 rings (SSSR count). The van der Waals surface area contributed by atoms with Crippen LogP contribution in [0.1, 0.15) is 6.42 Å². The van der Waals surface area contributed by atoms with Crippen molar-refractivity contribution in [1.29, 1.82) is 0 Å². The summed E-state index contributed by atoms with van der Waals surface area (Å²) in [5, 5.41) is 3.11. The van der Waals surface area contributed by atoms with Gasteiger partial charge < -0.3 is 5.32 Å². The second-order valence-corrected chi connectivity index (χ2v) is 1.10. The zero-order valence-corrected chi connectivity index (χ0v) is 5.54. The summed E-state index contributed by atoms with van der Waals surface area (Å²) in [6, 6.07) is 0. The van der Waals surface area contributed by atoms with Crippen molar-refractivity contribution in [3.05, 3.63) is 0 Å². The predicted molar refractivity (Wildman–Crippen MR) is 23.2 cm³/mol. The van der Waals surface area contributed by atoms with Gasteiger partial charge in [-0.15, -0.1) is 0 Å². The first-order valence-electron chi connectivity index (χ1n) is 1.71. The standard InChI is InChI=1S/C3H7N.Ca/c1-2-4-3-1;/h4H,1-3H2;. The number of hydrogen-bond acceptors (Lipinski definition) is 1. The predicted octanol–water partition coefficient (Wildman–Crippen LogP) is -0.401. The Morgan fingerprint density at radius 3 is 1.40 bits per heavy atom. The van der Waals surface area contributed by atoms with Gasteiger partial charge in [0.2, 0.25) is 0 Å². The van der Waals surface area contributed by atoms with Crippen molar-refractivity contribution in [1.82, 2.24) is 5.32 Å². The summed E-state index contributed by atoms with van der Waals surface area (Å²) in [5.41, 5.74) is 0. The fraction of sp³-hybridized carbons (Fsp3) is 1.00. The summed E-state index contributed by atoms with van der Waals surface area (Å²) in [5.74, 6) is 0. The van der Waals surface area contributed by atoms with E-state index in [9.17, 15) is 0 Å². The number of hydrogen-bond donors (Lipinski definition) is 1. The number of nitrogens with one attached hydrogen (secondary N) is 1. The first-order valence-corrected chi connectivity index (χ1v) is 1.71. The molecule has 0 saturated carbocycles. The Morgan fingerprint density at radius 2 is 1.40 bits per heavy atom. The van der Waals surface area contributed by atoms with Gasteiger partial charge in [-0.1, -0.05) is 0 Å². The van der Waals surface area contributed by atoms with Gasteiger partial charge in [0.15, 0.2) is 0 Å². The van der Waals surface area contributed by atoms with Crippen molar-refractivity contribution >= 4 is 37.7 Å². The Kier molecular flexibility index (Phi) is 4.24. The van der Waals surface area contributed by atoms with E-state index in [-0.39, 0.29) is 37.7 Å². The maximum absolute atomic E-state index is 3.11. The van der Waals surface area contributed by atoms with E-state index in [4.69, 9.17) is 0 Å². The van der Waals surface area contributed by atoms with Crippen LogP contribution in [-0.4, -0.2) is 50.8 Å². The molecule has 0 aliphatic carbocycles. The van der Waals surface area contributed by atoms with Gasteiger partial charge in [0.25, 0.3) is 0 Å². The molecule has 1 aliphatic heterocycles. The molecule has 2 radical (unpaired) electrons. The molecule has 0 aromatic carbocycles. The van der Waals surface area contributed by atoms with Crippen molar-refractivity contribution in [2.24, 2.45) is 0 Å². The molecule has 0 aromatic rings. The van der Waals surface area contributed by atoms with Crippen LogP contribution < -0.4 is 5.32 Å². The largest absolute Gasteiger partial charge is 0.317 e. The van der Waals surface area contributed by atoms with Crippen molar-refractivity contribution in [2.75, 3.05) is 13.1 Å². The number of rotatable bonds is 0. The summed E-state index contributed by atoms with van der Waals surface area (Å²) >= 11 is 0. The Balaban J connectivity index is 0.000000160. The van der Waals surface area contributed by atoms with E-state index in [1.165, 1.54) is 19.5 Å². The first kappa shape index (κ1) is 6.22. The van der Waals surface area contributed by atoms with E-state index in [0.29, 0.717) is 0 Å². The molecule has 1 nitrogen and oxygen atoms in total. The molecule has 0 bridgehead atoms. The average Bonchev–Trinajstić information content (AvgIpc) is 0.722. The molecular weight excluding hydrogens is 90.1 g/mol. The van der Waals surface area contributed by atoms with Gasteiger partial charge in [0.05, 0.1) is 0 Å². The van der Waals surface area contributed by atoms with Gasteiger partial charge in [0.1, 0.15) is 0 Å². The normalized spacial score (nSPS) is 19.2. The van der Waals surface area contributed by atoms with Crippen LogP contribution in [0.3, 0.4) is 0 Å². The fourth-order valence-electron chi connectivity index (χ4n) is 0.177. The minimum absolute atomic E-state index is 0. The van der Waals surface area contributed by atoms with E-state index in [1.807, 2.05) is 0 Å². The molecule has 0 aromatic heterocycles. The molecule has 0 atom stereocenters. The topological polar surface area (TPSA) is 12.0 Å². The van der Waals surface area contributed by atoms with Crippen molar-refractivity contribution in [2.45, 2.75) is 6.42 Å². The fourth-order valence-corrected chi connectivity index (χ4v) is 0.177. The molecule has 1 N–H and O–H groups in total. The SMILES string of the molecule is C1CNC1.[Ca]. The van der Waals surface area contributed by atoms with E-state index < -0.39 is 0 Å². The molecule has 1 fully saturated rings. The first-order chi connectivity index (χ1) is 2.00. The van der Waals surface area contributed by atoms with Gasteiger partial charge in [-0.3, -0.25) is 0 Å². The molecule has 0 unspecified atom stereocenters. The summed E-state index contributed by atoms with van der Waals surface area (Å²) in [6.07, 6.45) is 1.39. The van der Waals surface area contributed by atoms with Crippen molar-refractivity contribution in [3.63, 3.8) is 0 Å². The van der Waals surface area contributed by atoms with Crippen LogP contribution in [0.5, 0.6) is 0 Å². The van der Waals surface area contributed by atoms with Crippen molar-refractivity contribution in [3.8, 4) is 0 Å². The second kappa shape index (κ2) is 3.41. The maximum Gasteiger partial charge on any atom is 0 e. The molecule has 5 heavy (non-hydrogen) atoms. The Bertz CT molecular complexity index is 14.9. The summed E-state index contributed by atoms with van der Waals surface area (Å²) < 4.78 is 0. The van der Waals surface area contributed by atoms with Crippen LogP contribution in [-0.2, 0) is 0 Å². The van der Waals surface area contributed by atoms with Crippen LogP contribution in [0, 0.1) is 0 Å². The van der Waals surface area contributed by atoms with Gasteiger partial charge in [-0.2, -0.15) is 0 Å². The second-order valence-electron chi connectivity index (χ2n) is 1.10. The Morgan fingerprint density at radius 1 is 1.20 bits per heavy atom.